The number of nitrogens with one attached hydrogen (secondary N) is 2. The Kier molecular flexibility index (Phi) is 5.62. The average Bonchev–Trinajstić information content (AvgIpc) is 3.12. The molecule has 2 aliphatic rings. The Balaban J connectivity index is 1.63. The van der Waals surface area contributed by atoms with Crippen molar-refractivity contribution in [1.29, 1.82) is 0 Å². The fourth-order valence-corrected chi connectivity index (χ4v) is 4.24. The Bertz CT molecular complexity index is 830. The molecule has 7 heteroatoms. The monoisotopic (exact) mass is 396 g/mol. The van der Waals surface area contributed by atoms with Crippen LogP contribution < -0.4 is 20.4 Å². The molecule has 6 nitrogen and oxygen atoms in total. The van der Waals surface area contributed by atoms with Gasteiger partial charge in [-0.15, -0.1) is 0 Å². The van der Waals surface area contributed by atoms with Crippen molar-refractivity contribution < 1.29 is 0 Å². The number of hydrogen-bond acceptors (Lipinski definition) is 5. The summed E-state index contributed by atoms with van der Waals surface area (Å²) >= 11 is 5.36. The third-order valence-corrected chi connectivity index (χ3v) is 5.65. The van der Waals surface area contributed by atoms with E-state index < -0.39 is 0 Å². The molecule has 0 aliphatic carbocycles. The molecule has 148 valence electrons. The van der Waals surface area contributed by atoms with Crippen LogP contribution in [-0.2, 0) is 13.1 Å². The maximum Gasteiger partial charge on any atom is 0.232 e. The molecule has 0 radical (unpaired) electrons. The molecule has 0 unspecified atom stereocenters. The van der Waals surface area contributed by atoms with Crippen LogP contribution >= 0.6 is 12.2 Å². The lowest BCUT2D eigenvalue weighted by Crippen LogP contribution is -2.35. The molecule has 2 aliphatic heterocycles. The van der Waals surface area contributed by atoms with E-state index in [4.69, 9.17) is 22.2 Å². The van der Waals surface area contributed by atoms with E-state index >= 15 is 0 Å². The third kappa shape index (κ3) is 4.19. The second-order valence-electron chi connectivity index (χ2n) is 7.71. The zero-order chi connectivity index (χ0) is 19.5. The van der Waals surface area contributed by atoms with Crippen LogP contribution in [0.1, 0.15) is 37.8 Å². The largest absolute Gasteiger partial charge is 0.363 e. The van der Waals surface area contributed by atoms with Crippen LogP contribution in [0.4, 0.5) is 17.6 Å². The molecule has 1 atom stereocenters. The van der Waals surface area contributed by atoms with Gasteiger partial charge in [0.15, 0.2) is 5.11 Å². The van der Waals surface area contributed by atoms with Gasteiger partial charge in [0.25, 0.3) is 0 Å². The number of thiocarbonyl (C=S) groups is 1. The molecule has 3 heterocycles. The van der Waals surface area contributed by atoms with E-state index in [9.17, 15) is 0 Å². The van der Waals surface area contributed by atoms with Gasteiger partial charge in [0, 0.05) is 38.8 Å². The zero-order valence-electron chi connectivity index (χ0n) is 16.6. The lowest BCUT2D eigenvalue weighted by molar-refractivity contribution is 0.444. The van der Waals surface area contributed by atoms with Gasteiger partial charge in [-0.05, 0) is 49.0 Å². The van der Waals surface area contributed by atoms with Crippen molar-refractivity contribution in [1.82, 2.24) is 15.3 Å². The van der Waals surface area contributed by atoms with Crippen LogP contribution in [0.5, 0.6) is 0 Å². The molecular formula is C21H28N6S. The van der Waals surface area contributed by atoms with Gasteiger partial charge < -0.3 is 20.4 Å². The number of aromatic nitrogens is 2. The van der Waals surface area contributed by atoms with Crippen LogP contribution in [0.2, 0.25) is 0 Å². The molecule has 1 aromatic heterocycles. The molecule has 1 aromatic carbocycles. The number of rotatable bonds is 4. The second-order valence-corrected chi connectivity index (χ2v) is 8.12. The first kappa shape index (κ1) is 18.9. The number of piperidine rings is 1. The second kappa shape index (κ2) is 8.31. The summed E-state index contributed by atoms with van der Waals surface area (Å²) in [4.78, 5) is 14.3. The number of fused-ring (bicyclic) bond motifs is 1. The fourth-order valence-electron chi connectivity index (χ4n) is 4.00. The highest BCUT2D eigenvalue weighted by Gasteiger charge is 2.24. The van der Waals surface area contributed by atoms with Crippen LogP contribution in [0.3, 0.4) is 0 Å². The van der Waals surface area contributed by atoms with Gasteiger partial charge in [-0.3, -0.25) is 0 Å². The van der Waals surface area contributed by atoms with Crippen molar-refractivity contribution in [3.8, 4) is 0 Å². The topological polar surface area (TPSA) is 56.3 Å². The van der Waals surface area contributed by atoms with Crippen LogP contribution in [-0.4, -0.2) is 34.7 Å². The van der Waals surface area contributed by atoms with E-state index in [1.54, 1.807) is 0 Å². The average molecular weight is 397 g/mol. The Labute approximate surface area is 172 Å². The Morgan fingerprint density at radius 3 is 2.46 bits per heavy atom. The predicted molar refractivity (Wildman–Crippen MR) is 119 cm³/mol. The Morgan fingerprint density at radius 2 is 1.82 bits per heavy atom. The molecule has 0 bridgehead atoms. The van der Waals surface area contributed by atoms with Crippen molar-refractivity contribution in [2.24, 2.45) is 5.92 Å². The van der Waals surface area contributed by atoms with Gasteiger partial charge in [-0.1, -0.05) is 31.2 Å². The van der Waals surface area contributed by atoms with Crippen molar-refractivity contribution >= 4 is 34.9 Å². The number of anilines is 3. The van der Waals surface area contributed by atoms with Crippen LogP contribution in [0, 0.1) is 5.92 Å². The van der Waals surface area contributed by atoms with E-state index in [2.05, 4.69) is 57.7 Å². The van der Waals surface area contributed by atoms with Crippen molar-refractivity contribution in [3.63, 3.8) is 0 Å². The highest BCUT2D eigenvalue weighted by molar-refractivity contribution is 7.80. The standard InChI is InChI=1S/C21H28N6S/c1-3-22-21(28)25-20-23-18(26-10-6-7-15(2)12-26)11-19(24-20)27-13-16-8-4-5-9-17(16)14-27/h4-5,8-9,11,15H,3,6-7,10,12-14H2,1-2H3,(H2,22,23,24,25,28)/t15-/m0/s1. The van der Waals surface area contributed by atoms with Crippen molar-refractivity contribution in [2.45, 2.75) is 39.8 Å². The van der Waals surface area contributed by atoms with Gasteiger partial charge in [-0.25, -0.2) is 0 Å². The summed E-state index contributed by atoms with van der Waals surface area (Å²) in [5.74, 6) is 3.17. The summed E-state index contributed by atoms with van der Waals surface area (Å²) in [7, 11) is 0. The summed E-state index contributed by atoms with van der Waals surface area (Å²) < 4.78 is 0. The van der Waals surface area contributed by atoms with Gasteiger partial charge in [0.1, 0.15) is 11.6 Å². The van der Waals surface area contributed by atoms with E-state index in [0.717, 1.165) is 44.4 Å². The summed E-state index contributed by atoms with van der Waals surface area (Å²) in [6, 6.07) is 10.7. The Morgan fingerprint density at radius 1 is 1.14 bits per heavy atom. The maximum absolute atomic E-state index is 5.36. The molecule has 0 spiro atoms. The summed E-state index contributed by atoms with van der Waals surface area (Å²) in [6.45, 7) is 8.92. The van der Waals surface area contributed by atoms with Gasteiger partial charge in [0.05, 0.1) is 0 Å². The van der Waals surface area contributed by atoms with Gasteiger partial charge >= 0.3 is 0 Å². The third-order valence-electron chi connectivity index (χ3n) is 5.41. The van der Waals surface area contributed by atoms with Crippen molar-refractivity contribution in [2.75, 3.05) is 34.8 Å². The van der Waals surface area contributed by atoms with Crippen LogP contribution in [0.15, 0.2) is 30.3 Å². The predicted octanol–water partition coefficient (Wildman–Crippen LogP) is 3.54. The number of nitrogens with zero attached hydrogens (tertiary/aromatic N) is 4. The quantitative estimate of drug-likeness (QED) is 0.767. The molecule has 2 aromatic rings. The minimum absolute atomic E-state index is 0.558. The minimum atomic E-state index is 0.558. The first-order valence-corrected chi connectivity index (χ1v) is 10.5. The molecule has 28 heavy (non-hydrogen) atoms. The summed E-state index contributed by atoms with van der Waals surface area (Å²) in [6.07, 6.45) is 2.49. The van der Waals surface area contributed by atoms with Crippen LogP contribution in [0.25, 0.3) is 0 Å². The Hall–Kier alpha value is -2.41. The molecule has 1 fully saturated rings. The van der Waals surface area contributed by atoms with E-state index in [0.29, 0.717) is 17.0 Å². The minimum Gasteiger partial charge on any atom is -0.363 e. The van der Waals surface area contributed by atoms with E-state index in [-0.39, 0.29) is 0 Å². The molecule has 1 saturated heterocycles. The maximum atomic E-state index is 5.36. The first-order valence-electron chi connectivity index (χ1n) is 10.1. The lowest BCUT2D eigenvalue weighted by atomic mass is 10.0. The zero-order valence-corrected chi connectivity index (χ0v) is 17.4. The van der Waals surface area contributed by atoms with Crippen molar-refractivity contribution in [3.05, 3.63) is 41.5 Å². The number of benzene rings is 1. The molecule has 0 saturated carbocycles. The molecule has 4 rings (SSSR count). The normalized spacial score (nSPS) is 18.7. The number of hydrogen-bond donors (Lipinski definition) is 2. The SMILES string of the molecule is CCNC(=S)Nc1nc(N2Cc3ccccc3C2)cc(N2CCC[C@H](C)C2)n1. The molecule has 2 N–H and O–H groups in total. The summed E-state index contributed by atoms with van der Waals surface area (Å²) in [5.41, 5.74) is 2.74. The highest BCUT2D eigenvalue weighted by atomic mass is 32.1. The van der Waals surface area contributed by atoms with Gasteiger partial charge in [-0.2, -0.15) is 9.97 Å². The molecule has 0 amide bonds. The van der Waals surface area contributed by atoms with Gasteiger partial charge in [0.2, 0.25) is 5.95 Å². The molecular weight excluding hydrogens is 368 g/mol. The fraction of sp³-hybridized carbons (Fsp3) is 0.476. The smallest absolute Gasteiger partial charge is 0.232 e. The van der Waals surface area contributed by atoms with E-state index in [1.807, 2.05) is 6.92 Å². The lowest BCUT2D eigenvalue weighted by Gasteiger charge is -2.32. The van der Waals surface area contributed by atoms with E-state index in [1.165, 1.54) is 24.0 Å². The highest BCUT2D eigenvalue weighted by Crippen LogP contribution is 2.31. The first-order chi connectivity index (χ1) is 13.6. The summed E-state index contributed by atoms with van der Waals surface area (Å²) in [5, 5.41) is 6.84.